The summed E-state index contributed by atoms with van der Waals surface area (Å²) in [6.07, 6.45) is 2.74. The maximum atomic E-state index is 12.0. The van der Waals surface area contributed by atoms with E-state index in [4.69, 9.17) is 21.1 Å². The number of benzene rings is 1. The Morgan fingerprint density at radius 3 is 2.59 bits per heavy atom. The molecule has 0 aliphatic rings. The highest BCUT2D eigenvalue weighted by Crippen LogP contribution is 2.25. The molecule has 22 heavy (non-hydrogen) atoms. The van der Waals surface area contributed by atoms with Crippen molar-refractivity contribution in [3.8, 4) is 5.75 Å². The van der Waals surface area contributed by atoms with Gasteiger partial charge in [-0.1, -0.05) is 11.6 Å². The van der Waals surface area contributed by atoms with Crippen LogP contribution in [0.4, 0.5) is 0 Å². The van der Waals surface area contributed by atoms with Crippen molar-refractivity contribution in [1.82, 2.24) is 9.97 Å². The van der Waals surface area contributed by atoms with E-state index in [9.17, 15) is 9.59 Å². The highest BCUT2D eigenvalue weighted by Gasteiger charge is 2.14. The molecular formula is C15H13ClN2O4. The zero-order valence-corrected chi connectivity index (χ0v) is 12.8. The van der Waals surface area contributed by atoms with Crippen LogP contribution in [0.1, 0.15) is 26.5 Å². The van der Waals surface area contributed by atoms with E-state index in [-0.39, 0.29) is 11.5 Å². The molecule has 6 nitrogen and oxygen atoms in total. The lowest BCUT2D eigenvalue weighted by Gasteiger charge is -2.06. The number of carbonyl (C=O) groups is 2. The summed E-state index contributed by atoms with van der Waals surface area (Å²) >= 11 is 5.94. The molecule has 0 bridgehead atoms. The van der Waals surface area contributed by atoms with Gasteiger partial charge in [0.15, 0.2) is 18.1 Å². The van der Waals surface area contributed by atoms with Gasteiger partial charge in [0.25, 0.3) is 0 Å². The van der Waals surface area contributed by atoms with Crippen LogP contribution in [-0.4, -0.2) is 35.4 Å². The van der Waals surface area contributed by atoms with Crippen molar-refractivity contribution < 1.29 is 19.1 Å². The van der Waals surface area contributed by atoms with Crippen LogP contribution in [0.3, 0.4) is 0 Å². The number of aryl methyl sites for hydroxylation is 1. The zero-order valence-electron chi connectivity index (χ0n) is 12.0. The summed E-state index contributed by atoms with van der Waals surface area (Å²) in [5, 5.41) is 0.309. The molecule has 1 aromatic carbocycles. The molecule has 0 amide bonds. The number of ketones is 1. The minimum absolute atomic E-state index is 0.0474. The fourth-order valence-electron chi connectivity index (χ4n) is 1.63. The van der Waals surface area contributed by atoms with Crippen molar-refractivity contribution >= 4 is 23.4 Å². The van der Waals surface area contributed by atoms with Crippen LogP contribution in [0.2, 0.25) is 5.02 Å². The topological polar surface area (TPSA) is 78.4 Å². The maximum absolute atomic E-state index is 12.0. The number of rotatable bonds is 5. The Hall–Kier alpha value is -2.47. The summed E-state index contributed by atoms with van der Waals surface area (Å²) in [7, 11) is 1.48. The number of nitrogens with zero attached hydrogens (tertiary/aromatic N) is 2. The normalized spacial score (nSPS) is 10.1. The fourth-order valence-corrected chi connectivity index (χ4v) is 1.88. The minimum atomic E-state index is -0.708. The number of ether oxygens (including phenoxy) is 2. The standard InChI is InChI=1S/C15H13ClN2O4/c1-9-6-18-12(7-17-9)15(20)22-8-13(19)10-3-4-14(21-2)11(16)5-10/h3-7H,8H2,1-2H3. The maximum Gasteiger partial charge on any atom is 0.358 e. The van der Waals surface area contributed by atoms with Crippen LogP contribution in [0, 0.1) is 6.92 Å². The number of aromatic nitrogens is 2. The van der Waals surface area contributed by atoms with Crippen molar-refractivity contribution in [2.45, 2.75) is 6.92 Å². The van der Waals surface area contributed by atoms with Gasteiger partial charge in [0.2, 0.25) is 0 Å². The molecule has 0 aliphatic carbocycles. The Morgan fingerprint density at radius 2 is 2.00 bits per heavy atom. The van der Waals surface area contributed by atoms with Gasteiger partial charge in [-0.3, -0.25) is 9.78 Å². The Bertz CT molecular complexity index is 701. The van der Waals surface area contributed by atoms with Gasteiger partial charge in [-0.2, -0.15) is 0 Å². The number of Topliss-reactive ketones (excluding diaryl/α,β-unsaturated/α-hetero) is 1. The Morgan fingerprint density at radius 1 is 1.23 bits per heavy atom. The largest absolute Gasteiger partial charge is 0.495 e. The summed E-state index contributed by atoms with van der Waals surface area (Å²) in [6, 6.07) is 4.58. The quantitative estimate of drug-likeness (QED) is 0.622. The van der Waals surface area contributed by atoms with Crippen LogP contribution in [0.15, 0.2) is 30.6 Å². The predicted molar refractivity (Wildman–Crippen MR) is 79.4 cm³/mol. The third kappa shape index (κ3) is 3.79. The van der Waals surface area contributed by atoms with E-state index in [2.05, 4.69) is 9.97 Å². The summed E-state index contributed by atoms with van der Waals surface area (Å²) in [6.45, 7) is 1.34. The first-order valence-electron chi connectivity index (χ1n) is 6.33. The van der Waals surface area contributed by atoms with Crippen molar-refractivity contribution in [3.63, 3.8) is 0 Å². The highest BCUT2D eigenvalue weighted by atomic mass is 35.5. The third-order valence-electron chi connectivity index (χ3n) is 2.80. The number of hydrogen-bond acceptors (Lipinski definition) is 6. The van der Waals surface area contributed by atoms with Gasteiger partial charge >= 0.3 is 5.97 Å². The van der Waals surface area contributed by atoms with Gasteiger partial charge in [0.05, 0.1) is 24.0 Å². The van der Waals surface area contributed by atoms with Crippen molar-refractivity contribution in [2.24, 2.45) is 0 Å². The van der Waals surface area contributed by atoms with Gasteiger partial charge in [0, 0.05) is 11.8 Å². The molecule has 1 heterocycles. The molecule has 0 radical (unpaired) electrons. The first kappa shape index (κ1) is 15.9. The summed E-state index contributed by atoms with van der Waals surface area (Å²) in [5.41, 5.74) is 1.06. The van der Waals surface area contributed by atoms with Crippen LogP contribution in [-0.2, 0) is 4.74 Å². The molecule has 0 aliphatic heterocycles. The number of hydrogen-bond donors (Lipinski definition) is 0. The van der Waals surface area contributed by atoms with Gasteiger partial charge in [-0.25, -0.2) is 9.78 Å². The molecule has 0 N–H and O–H groups in total. The SMILES string of the molecule is COc1ccc(C(=O)COC(=O)c2cnc(C)cn2)cc1Cl. The molecule has 0 unspecified atom stereocenters. The van der Waals surface area contributed by atoms with Gasteiger partial charge in [-0.05, 0) is 25.1 Å². The Balaban J connectivity index is 1.99. The molecule has 0 spiro atoms. The lowest BCUT2D eigenvalue weighted by Crippen LogP contribution is -2.15. The smallest absolute Gasteiger partial charge is 0.358 e. The second kappa shape index (κ2) is 7.00. The third-order valence-corrected chi connectivity index (χ3v) is 3.09. The van der Waals surface area contributed by atoms with E-state index < -0.39 is 12.6 Å². The molecule has 114 valence electrons. The number of carbonyl (C=O) groups excluding carboxylic acids is 2. The molecule has 0 atom stereocenters. The van der Waals surface area contributed by atoms with Crippen LogP contribution < -0.4 is 4.74 Å². The molecule has 2 aromatic rings. The molecular weight excluding hydrogens is 308 g/mol. The van der Waals surface area contributed by atoms with Gasteiger partial charge in [-0.15, -0.1) is 0 Å². The first-order valence-corrected chi connectivity index (χ1v) is 6.71. The predicted octanol–water partition coefficient (Wildman–Crippen LogP) is 2.49. The Labute approximate surface area is 132 Å². The number of methoxy groups -OCH3 is 1. The summed E-state index contributed by atoms with van der Waals surface area (Å²) in [5.74, 6) is -0.622. The zero-order chi connectivity index (χ0) is 16.1. The number of halogens is 1. The lowest BCUT2D eigenvalue weighted by molar-refractivity contribution is 0.0468. The van der Waals surface area contributed by atoms with Crippen molar-refractivity contribution in [3.05, 3.63) is 52.6 Å². The molecule has 0 saturated carbocycles. The van der Waals surface area contributed by atoms with Crippen molar-refractivity contribution in [1.29, 1.82) is 0 Å². The second-order valence-electron chi connectivity index (χ2n) is 4.39. The van der Waals surface area contributed by atoms with E-state index in [0.717, 1.165) is 0 Å². The molecule has 1 aromatic heterocycles. The highest BCUT2D eigenvalue weighted by molar-refractivity contribution is 6.32. The van der Waals surface area contributed by atoms with Crippen LogP contribution in [0.5, 0.6) is 5.75 Å². The average Bonchev–Trinajstić information content (AvgIpc) is 2.52. The van der Waals surface area contributed by atoms with Gasteiger partial charge in [0.1, 0.15) is 5.75 Å². The van der Waals surface area contributed by atoms with E-state index in [1.54, 1.807) is 19.1 Å². The van der Waals surface area contributed by atoms with Crippen LogP contribution in [0.25, 0.3) is 0 Å². The lowest BCUT2D eigenvalue weighted by atomic mass is 10.1. The van der Waals surface area contributed by atoms with E-state index >= 15 is 0 Å². The average molecular weight is 321 g/mol. The van der Waals surface area contributed by atoms with Gasteiger partial charge < -0.3 is 9.47 Å². The number of esters is 1. The van der Waals surface area contributed by atoms with E-state index in [1.807, 2.05) is 0 Å². The molecule has 7 heteroatoms. The Kier molecular flexibility index (Phi) is 5.06. The summed E-state index contributed by atoms with van der Waals surface area (Å²) in [4.78, 5) is 31.5. The van der Waals surface area contributed by atoms with Crippen molar-refractivity contribution in [2.75, 3.05) is 13.7 Å². The monoisotopic (exact) mass is 320 g/mol. The minimum Gasteiger partial charge on any atom is -0.495 e. The van der Waals surface area contributed by atoms with Crippen LogP contribution >= 0.6 is 11.6 Å². The summed E-state index contributed by atoms with van der Waals surface area (Å²) < 4.78 is 9.92. The molecule has 0 saturated heterocycles. The first-order chi connectivity index (χ1) is 10.5. The fraction of sp³-hybridized carbons (Fsp3) is 0.200. The van der Waals surface area contributed by atoms with E-state index in [0.29, 0.717) is 22.0 Å². The van der Waals surface area contributed by atoms with E-state index in [1.165, 1.54) is 25.6 Å². The second-order valence-corrected chi connectivity index (χ2v) is 4.80. The molecule has 2 rings (SSSR count). The molecule has 0 fully saturated rings.